The molecule has 1 saturated heterocycles. The molecule has 0 aliphatic carbocycles. The van der Waals surface area contributed by atoms with Crippen molar-refractivity contribution in [2.45, 2.75) is 43.2 Å². The molecule has 2 aliphatic heterocycles. The van der Waals surface area contributed by atoms with Crippen molar-refractivity contribution >= 4 is 20.9 Å². The molecule has 1 N–H and O–H groups in total. The number of benzene rings is 2. The van der Waals surface area contributed by atoms with Crippen molar-refractivity contribution in [3.63, 3.8) is 0 Å². The van der Waals surface area contributed by atoms with Gasteiger partial charge in [0.1, 0.15) is 5.82 Å². The Bertz CT molecular complexity index is 1130. The lowest BCUT2D eigenvalue weighted by Gasteiger charge is -2.24. The summed E-state index contributed by atoms with van der Waals surface area (Å²) in [6.07, 6.45) is 2.66. The first-order chi connectivity index (χ1) is 12.4. The number of aryl methyl sites for hydroxylation is 1. The van der Waals surface area contributed by atoms with E-state index < -0.39 is 10.0 Å². The molecule has 5 rings (SSSR count). The van der Waals surface area contributed by atoms with Crippen LogP contribution >= 0.6 is 0 Å². The number of aromatic nitrogens is 1. The van der Waals surface area contributed by atoms with Gasteiger partial charge in [0.25, 0.3) is 10.0 Å². The Labute approximate surface area is 151 Å². The summed E-state index contributed by atoms with van der Waals surface area (Å²) in [4.78, 5) is 0.257. The van der Waals surface area contributed by atoms with Crippen LogP contribution in [0.15, 0.2) is 47.4 Å². The fourth-order valence-electron chi connectivity index (χ4n) is 4.40. The highest BCUT2D eigenvalue weighted by molar-refractivity contribution is 7.90. The summed E-state index contributed by atoms with van der Waals surface area (Å²) in [6.45, 7) is 1.93. The van der Waals surface area contributed by atoms with Gasteiger partial charge in [0.2, 0.25) is 0 Å². The third-order valence-corrected chi connectivity index (χ3v) is 7.35. The van der Waals surface area contributed by atoms with Crippen molar-refractivity contribution in [2.75, 3.05) is 0 Å². The zero-order valence-electron chi connectivity index (χ0n) is 14.4. The molecule has 1 aromatic heterocycles. The minimum absolute atomic E-state index is 0.000524. The number of hydrogen-bond acceptors (Lipinski definition) is 3. The Morgan fingerprint density at radius 3 is 2.65 bits per heavy atom. The van der Waals surface area contributed by atoms with Crippen LogP contribution in [0.2, 0.25) is 0 Å². The molecule has 0 radical (unpaired) electrons. The zero-order chi connectivity index (χ0) is 18.1. The van der Waals surface area contributed by atoms with E-state index in [4.69, 9.17) is 0 Å². The quantitative estimate of drug-likeness (QED) is 0.749. The average molecular weight is 370 g/mol. The van der Waals surface area contributed by atoms with Gasteiger partial charge < -0.3 is 5.32 Å². The summed E-state index contributed by atoms with van der Waals surface area (Å²) >= 11 is 0. The molecule has 2 aliphatic rings. The molecule has 26 heavy (non-hydrogen) atoms. The van der Waals surface area contributed by atoms with Gasteiger partial charge >= 0.3 is 0 Å². The van der Waals surface area contributed by atoms with Gasteiger partial charge in [-0.15, -0.1) is 0 Å². The van der Waals surface area contributed by atoms with Crippen LogP contribution in [0.5, 0.6) is 0 Å². The fourth-order valence-corrected chi connectivity index (χ4v) is 6.01. The summed E-state index contributed by atoms with van der Waals surface area (Å²) in [7, 11) is -3.76. The van der Waals surface area contributed by atoms with E-state index in [0.29, 0.717) is 16.9 Å². The predicted octanol–water partition coefficient (Wildman–Crippen LogP) is 3.68. The van der Waals surface area contributed by atoms with Gasteiger partial charge in [0.05, 0.1) is 16.1 Å². The molecule has 2 aromatic carbocycles. The van der Waals surface area contributed by atoms with Crippen LogP contribution in [0.25, 0.3) is 10.9 Å². The Hall–Kier alpha value is -2.18. The van der Waals surface area contributed by atoms with E-state index in [1.165, 1.54) is 16.1 Å². The highest BCUT2D eigenvalue weighted by Gasteiger charge is 2.39. The number of nitrogens with one attached hydrogen (secondary N) is 1. The molecular formula is C20H19FN2O2S. The molecule has 2 bridgehead atoms. The van der Waals surface area contributed by atoms with Crippen molar-refractivity contribution in [1.29, 1.82) is 0 Å². The van der Waals surface area contributed by atoms with E-state index in [2.05, 4.69) is 5.32 Å². The van der Waals surface area contributed by atoms with Gasteiger partial charge in [-0.3, -0.25) is 0 Å². The Balaban J connectivity index is 1.84. The lowest BCUT2D eigenvalue weighted by Crippen LogP contribution is -2.33. The van der Waals surface area contributed by atoms with Crippen molar-refractivity contribution in [3.05, 3.63) is 65.1 Å². The maximum Gasteiger partial charge on any atom is 0.268 e. The largest absolute Gasteiger partial charge is 0.306 e. The van der Waals surface area contributed by atoms with Gasteiger partial charge in [-0.25, -0.2) is 16.8 Å². The van der Waals surface area contributed by atoms with Gasteiger partial charge in [-0.05, 0) is 62.1 Å². The average Bonchev–Trinajstić information content (AvgIpc) is 3.15. The molecule has 3 heterocycles. The van der Waals surface area contributed by atoms with Crippen LogP contribution in [0.3, 0.4) is 0 Å². The van der Waals surface area contributed by atoms with E-state index >= 15 is 0 Å². The maximum atomic E-state index is 13.9. The van der Waals surface area contributed by atoms with E-state index in [-0.39, 0.29) is 16.8 Å². The molecule has 3 aromatic rings. The van der Waals surface area contributed by atoms with Crippen molar-refractivity contribution < 1.29 is 12.8 Å². The third kappa shape index (κ3) is 2.18. The molecule has 4 nitrogen and oxygen atoms in total. The van der Waals surface area contributed by atoms with E-state index in [1.54, 1.807) is 30.3 Å². The number of halogens is 1. The van der Waals surface area contributed by atoms with Crippen LogP contribution in [-0.4, -0.2) is 18.4 Å². The Kier molecular flexibility index (Phi) is 3.33. The highest BCUT2D eigenvalue weighted by Crippen LogP contribution is 2.43. The summed E-state index contributed by atoms with van der Waals surface area (Å²) < 4.78 is 42.3. The summed E-state index contributed by atoms with van der Waals surface area (Å²) in [5, 5.41) is 4.23. The Morgan fingerprint density at radius 2 is 1.88 bits per heavy atom. The SMILES string of the molecule is Cc1ccc(S(=O)(=O)n2c3c(c4cc(F)ccc42)CC2CCC3N2)cc1. The van der Waals surface area contributed by atoms with Crippen molar-refractivity contribution in [2.24, 2.45) is 0 Å². The molecule has 2 unspecified atom stereocenters. The second kappa shape index (κ2) is 5.41. The number of nitrogens with zero attached hydrogens (tertiary/aromatic N) is 1. The lowest BCUT2D eigenvalue weighted by atomic mass is 9.99. The summed E-state index contributed by atoms with van der Waals surface area (Å²) in [6, 6.07) is 11.6. The molecule has 0 spiro atoms. The highest BCUT2D eigenvalue weighted by atomic mass is 32.2. The van der Waals surface area contributed by atoms with E-state index in [1.807, 2.05) is 6.92 Å². The topological polar surface area (TPSA) is 51.1 Å². The first kappa shape index (κ1) is 16.0. The zero-order valence-corrected chi connectivity index (χ0v) is 15.2. The molecular weight excluding hydrogens is 351 g/mol. The first-order valence-corrected chi connectivity index (χ1v) is 10.3. The van der Waals surface area contributed by atoms with E-state index in [9.17, 15) is 12.8 Å². The molecule has 134 valence electrons. The molecule has 0 amide bonds. The van der Waals surface area contributed by atoms with Crippen LogP contribution < -0.4 is 5.32 Å². The van der Waals surface area contributed by atoms with Gasteiger partial charge in [-0.1, -0.05) is 17.7 Å². The smallest absolute Gasteiger partial charge is 0.268 e. The van der Waals surface area contributed by atoms with Crippen LogP contribution in [-0.2, 0) is 16.4 Å². The van der Waals surface area contributed by atoms with Gasteiger partial charge in [-0.2, -0.15) is 0 Å². The molecule has 2 atom stereocenters. The standard InChI is InChI=1S/C20H19FN2O2S/c1-12-2-6-15(7-3-12)26(24,25)23-19-9-4-13(21)10-16(19)17-11-14-5-8-18(22-14)20(17)23/h2-4,6-7,9-10,14,18,22H,5,8,11H2,1H3. The third-order valence-electron chi connectivity index (χ3n) is 5.61. The molecule has 6 heteroatoms. The summed E-state index contributed by atoms with van der Waals surface area (Å²) in [5.41, 5.74) is 3.32. The van der Waals surface area contributed by atoms with Gasteiger partial charge in [0, 0.05) is 17.5 Å². The first-order valence-electron chi connectivity index (χ1n) is 8.86. The monoisotopic (exact) mass is 370 g/mol. The predicted molar refractivity (Wildman–Crippen MR) is 98.3 cm³/mol. The second-order valence-corrected chi connectivity index (χ2v) is 9.09. The fraction of sp³-hybridized carbons (Fsp3) is 0.300. The lowest BCUT2D eigenvalue weighted by molar-refractivity contribution is 0.502. The summed E-state index contributed by atoms with van der Waals surface area (Å²) in [5.74, 6) is -0.337. The number of fused-ring (bicyclic) bond motifs is 6. The van der Waals surface area contributed by atoms with Gasteiger partial charge in [0.15, 0.2) is 0 Å². The van der Waals surface area contributed by atoms with Crippen molar-refractivity contribution in [1.82, 2.24) is 9.29 Å². The number of rotatable bonds is 2. The minimum Gasteiger partial charge on any atom is -0.306 e. The minimum atomic E-state index is -3.76. The van der Waals surface area contributed by atoms with Crippen LogP contribution in [0.1, 0.15) is 35.7 Å². The number of hydrogen-bond donors (Lipinski definition) is 1. The van der Waals surface area contributed by atoms with E-state index in [0.717, 1.165) is 36.1 Å². The molecule has 0 saturated carbocycles. The van der Waals surface area contributed by atoms with Crippen molar-refractivity contribution in [3.8, 4) is 0 Å². The van der Waals surface area contributed by atoms with Crippen LogP contribution in [0.4, 0.5) is 4.39 Å². The molecule has 1 fully saturated rings. The maximum absolute atomic E-state index is 13.9. The van der Waals surface area contributed by atoms with Crippen LogP contribution in [0, 0.1) is 12.7 Å². The normalized spacial score (nSPS) is 21.9. The Morgan fingerprint density at radius 1 is 1.12 bits per heavy atom. The second-order valence-electron chi connectivity index (χ2n) is 7.31.